The zero-order chi connectivity index (χ0) is 27.1. The Morgan fingerprint density at radius 3 is 2.51 bits per heavy atom. The van der Waals surface area contributed by atoms with Gasteiger partial charge in [0.1, 0.15) is 0 Å². The highest BCUT2D eigenvalue weighted by Crippen LogP contribution is 2.40. The number of nitrogens with zero attached hydrogens (tertiary/aromatic N) is 2. The van der Waals surface area contributed by atoms with E-state index in [4.69, 9.17) is 11.6 Å². The Kier molecular flexibility index (Phi) is 10.6. The van der Waals surface area contributed by atoms with Gasteiger partial charge in [-0.05, 0) is 61.6 Å². The Balaban J connectivity index is 2.02. The molecule has 0 saturated carbocycles. The molecule has 2 aliphatic rings. The molecule has 1 aromatic rings. The molecular formula is C32H45ClN2O2. The molecule has 0 radical (unpaired) electrons. The third kappa shape index (κ3) is 7.37. The summed E-state index contributed by atoms with van der Waals surface area (Å²) in [4.78, 5) is 31.3. The molecule has 1 fully saturated rings. The largest absolute Gasteiger partial charge is 0.341 e. The molecule has 0 aromatic heterocycles. The van der Waals surface area contributed by atoms with Gasteiger partial charge in [0.05, 0.1) is 17.8 Å². The molecule has 5 heteroatoms. The number of piperidine rings is 1. The first-order valence-corrected chi connectivity index (χ1v) is 14.4. The van der Waals surface area contributed by atoms with E-state index in [2.05, 4.69) is 52.5 Å². The van der Waals surface area contributed by atoms with Gasteiger partial charge in [-0.25, -0.2) is 0 Å². The molecule has 3 rings (SSSR count). The number of allylic oxidation sites excluding steroid dienone is 4. The first-order chi connectivity index (χ1) is 17.7. The zero-order valence-electron chi connectivity index (χ0n) is 23.4. The van der Waals surface area contributed by atoms with Crippen LogP contribution in [0, 0.1) is 18.8 Å². The van der Waals surface area contributed by atoms with Crippen LogP contribution in [0.15, 0.2) is 54.7 Å². The van der Waals surface area contributed by atoms with E-state index >= 15 is 0 Å². The number of carbonyl (C=O) groups is 2. The summed E-state index contributed by atoms with van der Waals surface area (Å²) in [5.41, 5.74) is 4.36. The number of carbonyl (C=O) groups excluding carboxylic acids is 2. The summed E-state index contributed by atoms with van der Waals surface area (Å²) in [6.07, 6.45) is 11.8. The smallest absolute Gasteiger partial charge is 0.242 e. The number of rotatable bonds is 9. The molecule has 2 aliphatic heterocycles. The highest BCUT2D eigenvalue weighted by molar-refractivity contribution is 6.23. The summed E-state index contributed by atoms with van der Waals surface area (Å²) in [5, 5.41) is -0.272. The molecule has 3 atom stereocenters. The number of hydrogen-bond acceptors (Lipinski definition) is 2. The molecule has 1 aromatic carbocycles. The lowest BCUT2D eigenvalue weighted by Gasteiger charge is -2.34. The maximum absolute atomic E-state index is 14.1. The van der Waals surface area contributed by atoms with E-state index in [0.29, 0.717) is 18.4 Å². The topological polar surface area (TPSA) is 40.6 Å². The molecule has 1 saturated heterocycles. The highest BCUT2D eigenvalue weighted by atomic mass is 35.5. The van der Waals surface area contributed by atoms with Gasteiger partial charge in [-0.1, -0.05) is 81.8 Å². The second-order valence-corrected chi connectivity index (χ2v) is 11.7. The van der Waals surface area contributed by atoms with Gasteiger partial charge in [0.15, 0.2) is 0 Å². The van der Waals surface area contributed by atoms with Gasteiger partial charge in [0.25, 0.3) is 0 Å². The Labute approximate surface area is 229 Å². The number of aryl methyl sites for hydroxylation is 1. The van der Waals surface area contributed by atoms with Crippen molar-refractivity contribution < 1.29 is 9.59 Å². The summed E-state index contributed by atoms with van der Waals surface area (Å²) < 4.78 is 0. The number of amides is 2. The van der Waals surface area contributed by atoms with Crippen molar-refractivity contribution in [2.24, 2.45) is 11.8 Å². The summed E-state index contributed by atoms with van der Waals surface area (Å²) in [6, 6.07) is 6.42. The predicted molar refractivity (Wildman–Crippen MR) is 155 cm³/mol. The predicted octanol–water partition coefficient (Wildman–Crippen LogP) is 7.00. The standard InChI is InChI=1S/C32H45ClN2O2/c1-7-10-26(33)19-25(9-3)30-20-35(21-31(36)34-15-13-24(8-2)14-16-34)32(37)29(17-22(4)5)27-12-11-23(6)18-28(27)30/h7,9-12,18-19,22,24,26,29-30H,3,8,13-17,20-21H2,1-2,4-6H3/b10-7-,25-19?. The Hall–Kier alpha value is -2.33. The minimum absolute atomic E-state index is 0.0531. The van der Waals surface area contributed by atoms with Crippen LogP contribution in [0.25, 0.3) is 0 Å². The van der Waals surface area contributed by atoms with Gasteiger partial charge in [0.2, 0.25) is 11.8 Å². The average molecular weight is 525 g/mol. The van der Waals surface area contributed by atoms with Crippen molar-refractivity contribution in [2.75, 3.05) is 26.2 Å². The van der Waals surface area contributed by atoms with E-state index < -0.39 is 0 Å². The number of fused-ring (bicyclic) bond motifs is 1. The van der Waals surface area contributed by atoms with Crippen molar-refractivity contribution in [1.29, 1.82) is 0 Å². The van der Waals surface area contributed by atoms with Crippen LogP contribution in [0.2, 0.25) is 0 Å². The maximum Gasteiger partial charge on any atom is 0.242 e. The van der Waals surface area contributed by atoms with Crippen LogP contribution < -0.4 is 0 Å². The van der Waals surface area contributed by atoms with E-state index in [1.807, 2.05) is 41.0 Å². The molecular weight excluding hydrogens is 480 g/mol. The SMILES string of the molecule is C=CC(=CC(Cl)/C=C\C)C1CN(CC(=O)N2CCC(CC)CC2)C(=O)C(CC(C)C)c2ccc(C)cc21. The van der Waals surface area contributed by atoms with E-state index in [-0.39, 0.29) is 35.6 Å². The molecule has 4 nitrogen and oxygen atoms in total. The molecule has 0 aliphatic carbocycles. The van der Waals surface area contributed by atoms with Crippen molar-refractivity contribution in [3.05, 3.63) is 71.3 Å². The number of likely N-dealkylation sites (tertiary alicyclic amines) is 1. The highest BCUT2D eigenvalue weighted by Gasteiger charge is 2.37. The van der Waals surface area contributed by atoms with E-state index in [1.165, 1.54) is 0 Å². The summed E-state index contributed by atoms with van der Waals surface area (Å²) in [6.45, 7) is 16.8. The van der Waals surface area contributed by atoms with Crippen LogP contribution in [-0.4, -0.2) is 53.2 Å². The third-order valence-electron chi connectivity index (χ3n) is 7.95. The molecule has 202 valence electrons. The molecule has 37 heavy (non-hydrogen) atoms. The fraction of sp³-hybridized carbons (Fsp3) is 0.562. The second-order valence-electron chi connectivity index (χ2n) is 11.2. The lowest BCUT2D eigenvalue weighted by molar-refractivity contribution is -0.142. The van der Waals surface area contributed by atoms with Crippen molar-refractivity contribution in [1.82, 2.24) is 9.80 Å². The molecule has 0 bridgehead atoms. The van der Waals surface area contributed by atoms with Gasteiger partial charge in [-0.15, -0.1) is 11.6 Å². The Morgan fingerprint density at radius 1 is 1.22 bits per heavy atom. The number of halogens is 1. The van der Waals surface area contributed by atoms with E-state index in [0.717, 1.165) is 61.0 Å². The maximum atomic E-state index is 14.1. The molecule has 0 spiro atoms. The molecule has 2 heterocycles. The molecule has 2 amide bonds. The third-order valence-corrected chi connectivity index (χ3v) is 8.22. The first kappa shape index (κ1) is 29.2. The summed E-state index contributed by atoms with van der Waals surface area (Å²) >= 11 is 6.59. The minimum Gasteiger partial charge on any atom is -0.341 e. The fourth-order valence-corrected chi connectivity index (χ4v) is 6.10. The van der Waals surface area contributed by atoms with Gasteiger partial charge in [0, 0.05) is 25.6 Å². The number of hydrogen-bond donors (Lipinski definition) is 0. The van der Waals surface area contributed by atoms with Crippen molar-refractivity contribution in [2.45, 2.75) is 77.5 Å². The molecule has 0 N–H and O–H groups in total. The quantitative estimate of drug-likeness (QED) is 0.198. The number of alkyl halides is 1. The van der Waals surface area contributed by atoms with Crippen LogP contribution >= 0.6 is 11.6 Å². The number of benzene rings is 1. The van der Waals surface area contributed by atoms with Crippen LogP contribution in [0.4, 0.5) is 0 Å². The minimum atomic E-state index is -0.272. The lowest BCUT2D eigenvalue weighted by atomic mass is 9.81. The zero-order valence-corrected chi connectivity index (χ0v) is 24.1. The monoisotopic (exact) mass is 524 g/mol. The average Bonchev–Trinajstić information content (AvgIpc) is 2.97. The van der Waals surface area contributed by atoms with Gasteiger partial charge in [-0.2, -0.15) is 0 Å². The fourth-order valence-electron chi connectivity index (χ4n) is 5.81. The van der Waals surface area contributed by atoms with E-state index in [9.17, 15) is 9.59 Å². The van der Waals surface area contributed by atoms with Crippen LogP contribution in [-0.2, 0) is 9.59 Å². The Bertz CT molecular complexity index is 1020. The normalized spacial score (nSPS) is 22.4. The van der Waals surface area contributed by atoms with E-state index in [1.54, 1.807) is 0 Å². The molecule has 3 unspecified atom stereocenters. The van der Waals surface area contributed by atoms with Crippen molar-refractivity contribution >= 4 is 23.4 Å². The summed E-state index contributed by atoms with van der Waals surface area (Å²) in [7, 11) is 0. The Morgan fingerprint density at radius 2 is 1.92 bits per heavy atom. The summed E-state index contributed by atoms with van der Waals surface area (Å²) in [5.74, 6) is 0.785. The van der Waals surface area contributed by atoms with Gasteiger partial charge >= 0.3 is 0 Å². The van der Waals surface area contributed by atoms with Crippen molar-refractivity contribution in [3.8, 4) is 0 Å². The van der Waals surface area contributed by atoms with Gasteiger partial charge in [-0.3, -0.25) is 9.59 Å². The van der Waals surface area contributed by atoms with Crippen LogP contribution in [0.3, 0.4) is 0 Å². The van der Waals surface area contributed by atoms with Crippen molar-refractivity contribution in [3.63, 3.8) is 0 Å². The second kappa shape index (κ2) is 13.5. The van der Waals surface area contributed by atoms with Crippen LogP contribution in [0.1, 0.15) is 81.9 Å². The first-order valence-electron chi connectivity index (χ1n) is 14.0. The lowest BCUT2D eigenvalue weighted by Crippen LogP contribution is -2.47. The van der Waals surface area contributed by atoms with Crippen LogP contribution in [0.5, 0.6) is 0 Å². The van der Waals surface area contributed by atoms with Gasteiger partial charge < -0.3 is 9.80 Å².